The smallest absolute Gasteiger partial charge is 0.464 e. The molecule has 6 nitrogen and oxygen atoms in total. The fourth-order valence-electron chi connectivity index (χ4n) is 1.86. The largest absolute Gasteiger partial charge is 0.497 e. The Hall–Kier alpha value is -1.34. The van der Waals surface area contributed by atoms with Gasteiger partial charge in [-0.25, -0.2) is 4.79 Å². The third kappa shape index (κ3) is 4.57. The van der Waals surface area contributed by atoms with Crippen molar-refractivity contribution in [3.05, 3.63) is 12.4 Å². The minimum atomic E-state index is -0.455. The molecule has 0 aliphatic carbocycles. The van der Waals surface area contributed by atoms with E-state index in [2.05, 4.69) is 5.10 Å². The fourth-order valence-corrected chi connectivity index (χ4v) is 1.86. The quantitative estimate of drug-likeness (QED) is 0.623. The summed E-state index contributed by atoms with van der Waals surface area (Å²) in [6, 6.07) is -0.455. The Labute approximate surface area is 126 Å². The summed E-state index contributed by atoms with van der Waals surface area (Å²) in [4.78, 5) is 11.6. The first-order chi connectivity index (χ1) is 9.93. The molecule has 1 saturated heterocycles. The van der Waals surface area contributed by atoms with Crippen molar-refractivity contribution in [1.82, 2.24) is 9.78 Å². The van der Waals surface area contributed by atoms with Gasteiger partial charge >= 0.3 is 13.1 Å². The van der Waals surface area contributed by atoms with Crippen molar-refractivity contribution in [1.29, 1.82) is 0 Å². The van der Waals surface area contributed by atoms with Gasteiger partial charge in [0.25, 0.3) is 0 Å². The molecular weight excluding hydrogens is 271 g/mol. The molecule has 7 heteroatoms. The molecular formula is C14H25BN2O4. The third-order valence-corrected chi connectivity index (χ3v) is 2.93. The number of rotatable bonds is 4. The Morgan fingerprint density at radius 1 is 1.57 bits per heavy atom. The zero-order valence-electron chi connectivity index (χ0n) is 13.8. The second kappa shape index (κ2) is 7.61. The van der Waals surface area contributed by atoms with Crippen LogP contribution in [0, 0.1) is 0 Å². The van der Waals surface area contributed by atoms with Gasteiger partial charge in [-0.05, 0) is 27.7 Å². The molecule has 2 heterocycles. The van der Waals surface area contributed by atoms with Gasteiger partial charge < -0.3 is 14.0 Å². The Bertz CT molecular complexity index is 462. The molecule has 0 bridgehead atoms. The van der Waals surface area contributed by atoms with Crippen LogP contribution in [0.2, 0.25) is 0 Å². The van der Waals surface area contributed by atoms with Crippen molar-refractivity contribution in [2.24, 2.45) is 0 Å². The van der Waals surface area contributed by atoms with E-state index < -0.39 is 13.2 Å². The number of carbonyl (C=O) groups excluding carboxylic acids is 1. The molecule has 1 aromatic rings. The number of hydrogen-bond acceptors (Lipinski definition) is 5. The van der Waals surface area contributed by atoms with Crippen molar-refractivity contribution in [3.63, 3.8) is 0 Å². The molecule has 0 aromatic carbocycles. The van der Waals surface area contributed by atoms with Crippen LogP contribution in [0.4, 0.5) is 0 Å². The van der Waals surface area contributed by atoms with Gasteiger partial charge in [0.2, 0.25) is 0 Å². The summed E-state index contributed by atoms with van der Waals surface area (Å²) in [7, 11) is -0.418. The number of aromatic nitrogens is 2. The average molecular weight is 296 g/mol. The predicted molar refractivity (Wildman–Crippen MR) is 81.4 cm³/mol. The molecule has 0 radical (unpaired) electrons. The van der Waals surface area contributed by atoms with Crippen LogP contribution in [0.3, 0.4) is 0 Å². The Kier molecular flexibility index (Phi) is 6.42. The maximum Gasteiger partial charge on any atom is 0.497 e. The van der Waals surface area contributed by atoms with Gasteiger partial charge in [-0.15, -0.1) is 0 Å². The summed E-state index contributed by atoms with van der Waals surface area (Å²) in [6.07, 6.45) is 3.41. The van der Waals surface area contributed by atoms with Crippen LogP contribution in [0.5, 0.6) is 0 Å². The highest BCUT2D eigenvalue weighted by molar-refractivity contribution is 6.61. The zero-order chi connectivity index (χ0) is 16.0. The topological polar surface area (TPSA) is 62.6 Å². The Morgan fingerprint density at radius 2 is 2.24 bits per heavy atom. The highest BCUT2D eigenvalue weighted by Gasteiger charge is 2.39. The van der Waals surface area contributed by atoms with E-state index in [1.54, 1.807) is 30.9 Å². The summed E-state index contributed by atoms with van der Waals surface area (Å²) in [6.45, 7) is 12.4. The lowest BCUT2D eigenvalue weighted by molar-refractivity contribution is -0.146. The molecule has 118 valence electrons. The molecule has 1 aliphatic rings. The lowest BCUT2D eigenvalue weighted by Crippen LogP contribution is -2.33. The molecule has 1 aliphatic heterocycles. The van der Waals surface area contributed by atoms with Gasteiger partial charge in [-0.1, -0.05) is 13.8 Å². The first-order valence-electron chi connectivity index (χ1n) is 7.43. The van der Waals surface area contributed by atoms with Crippen molar-refractivity contribution in [2.45, 2.75) is 53.2 Å². The van der Waals surface area contributed by atoms with E-state index in [1.807, 2.05) is 27.7 Å². The highest BCUT2D eigenvalue weighted by atomic mass is 16.7. The van der Waals surface area contributed by atoms with Crippen molar-refractivity contribution >= 4 is 18.6 Å². The Morgan fingerprint density at radius 3 is 2.76 bits per heavy atom. The van der Waals surface area contributed by atoms with Gasteiger partial charge in [0.15, 0.2) is 0 Å². The number of ether oxygens (including phenoxy) is 1. The van der Waals surface area contributed by atoms with Crippen LogP contribution >= 0.6 is 0 Å². The summed E-state index contributed by atoms with van der Waals surface area (Å²) in [5.74, 6) is -0.300. The van der Waals surface area contributed by atoms with Gasteiger partial charge in [0.05, 0.1) is 18.8 Å². The molecule has 0 spiro atoms. The second-order valence-corrected chi connectivity index (χ2v) is 5.20. The minimum absolute atomic E-state index is 0.292. The van der Waals surface area contributed by atoms with Gasteiger partial charge in [-0.2, -0.15) is 5.10 Å². The van der Waals surface area contributed by atoms with Crippen LogP contribution in [-0.4, -0.2) is 41.7 Å². The number of esters is 1. The van der Waals surface area contributed by atoms with Crippen molar-refractivity contribution in [2.75, 3.05) is 13.2 Å². The molecule has 1 unspecified atom stereocenters. The molecule has 0 N–H and O–H groups in total. The van der Waals surface area contributed by atoms with E-state index in [4.69, 9.17) is 14.0 Å². The fraction of sp³-hybridized carbons (Fsp3) is 0.714. The second-order valence-electron chi connectivity index (χ2n) is 5.20. The maximum atomic E-state index is 11.6. The molecule has 0 saturated carbocycles. The molecule has 1 aromatic heterocycles. The number of hydrogen-bond donors (Lipinski definition) is 0. The third-order valence-electron chi connectivity index (χ3n) is 2.93. The molecule has 21 heavy (non-hydrogen) atoms. The van der Waals surface area contributed by atoms with Crippen LogP contribution in [0.25, 0.3) is 0 Å². The van der Waals surface area contributed by atoms with Gasteiger partial charge in [0, 0.05) is 17.9 Å². The van der Waals surface area contributed by atoms with E-state index in [9.17, 15) is 4.79 Å². The molecule has 2 rings (SSSR count). The van der Waals surface area contributed by atoms with E-state index in [0.29, 0.717) is 13.2 Å². The lowest BCUT2D eigenvalue weighted by Gasteiger charge is -2.15. The zero-order valence-corrected chi connectivity index (χ0v) is 13.8. The molecule has 0 amide bonds. The normalized spacial score (nSPS) is 17.9. The van der Waals surface area contributed by atoms with Gasteiger partial charge in [-0.3, -0.25) is 4.68 Å². The first kappa shape index (κ1) is 17.7. The van der Waals surface area contributed by atoms with Crippen LogP contribution < -0.4 is 5.46 Å². The first-order valence-corrected chi connectivity index (χ1v) is 7.43. The Balaban J connectivity index is 0.00000106. The monoisotopic (exact) mass is 296 g/mol. The van der Waals surface area contributed by atoms with Crippen LogP contribution in [0.1, 0.15) is 47.6 Å². The van der Waals surface area contributed by atoms with E-state index >= 15 is 0 Å². The van der Waals surface area contributed by atoms with Crippen molar-refractivity contribution < 1.29 is 18.8 Å². The lowest BCUT2D eigenvalue weighted by atomic mass is 9.82. The molecule has 1 atom stereocenters. The highest BCUT2D eigenvalue weighted by Crippen LogP contribution is 2.19. The van der Waals surface area contributed by atoms with Crippen molar-refractivity contribution in [3.8, 4) is 0 Å². The standard InChI is InChI=1S/C12H19BN2O4.C2H6/c1-5-17-11(16)9(2)15-7-10(6-14-15)13-18-8-12(3,4)19-13;1-2/h6-7,9H,5,8H2,1-4H3;1-2H3. The average Bonchev–Trinajstić information content (AvgIpc) is 3.07. The summed E-state index contributed by atoms with van der Waals surface area (Å²) >= 11 is 0. The van der Waals surface area contributed by atoms with Crippen LogP contribution in [0.15, 0.2) is 12.4 Å². The predicted octanol–water partition coefficient (Wildman–Crippen LogP) is 1.55. The van der Waals surface area contributed by atoms with E-state index in [-0.39, 0.29) is 11.6 Å². The summed E-state index contributed by atoms with van der Waals surface area (Å²) < 4.78 is 17.8. The van der Waals surface area contributed by atoms with E-state index in [0.717, 1.165) is 5.46 Å². The maximum absolute atomic E-state index is 11.6. The molecule has 1 fully saturated rings. The van der Waals surface area contributed by atoms with E-state index in [1.165, 1.54) is 0 Å². The van der Waals surface area contributed by atoms with Gasteiger partial charge in [0.1, 0.15) is 6.04 Å². The SMILES string of the molecule is CC.CCOC(=O)C(C)n1cc(B2OCC(C)(C)O2)cn1. The minimum Gasteiger partial charge on any atom is -0.464 e. The van der Waals surface area contributed by atoms with Crippen LogP contribution in [-0.2, 0) is 18.8 Å². The summed E-state index contributed by atoms with van der Waals surface area (Å²) in [5.41, 5.74) is 0.515. The number of nitrogens with zero attached hydrogens (tertiary/aromatic N) is 2. The summed E-state index contributed by atoms with van der Waals surface area (Å²) in [5, 5.41) is 4.17. The number of carbonyl (C=O) groups is 1.